The molecule has 0 fully saturated rings. The molecule has 37 heavy (non-hydrogen) atoms. The third-order valence-corrected chi connectivity index (χ3v) is 7.92. The van der Waals surface area contributed by atoms with E-state index in [9.17, 15) is 22.4 Å². The zero-order valence-corrected chi connectivity index (χ0v) is 22.2. The molecule has 7 nitrogen and oxygen atoms in total. The average Bonchev–Trinajstić information content (AvgIpc) is 2.89. The Hall–Kier alpha value is -3.43. The van der Waals surface area contributed by atoms with Crippen LogP contribution in [0.1, 0.15) is 25.8 Å². The molecule has 0 heterocycles. The van der Waals surface area contributed by atoms with Crippen LogP contribution in [-0.2, 0) is 26.2 Å². The highest BCUT2D eigenvalue weighted by atomic mass is 35.5. The van der Waals surface area contributed by atoms with Crippen LogP contribution in [0, 0.1) is 5.82 Å². The van der Waals surface area contributed by atoms with Crippen LogP contribution in [0.3, 0.4) is 0 Å². The van der Waals surface area contributed by atoms with Crippen molar-refractivity contribution in [2.24, 2.45) is 0 Å². The number of rotatable bonds is 11. The highest BCUT2D eigenvalue weighted by molar-refractivity contribution is 7.92. The topological polar surface area (TPSA) is 86.8 Å². The minimum atomic E-state index is -4.20. The molecule has 2 amide bonds. The molecule has 0 saturated heterocycles. The smallest absolute Gasteiger partial charge is 0.264 e. The maximum absolute atomic E-state index is 13.8. The van der Waals surface area contributed by atoms with Gasteiger partial charge >= 0.3 is 0 Å². The lowest BCUT2D eigenvalue weighted by Gasteiger charge is -2.33. The first-order valence-corrected chi connectivity index (χ1v) is 13.6. The molecular formula is C27H29ClFN3O4S. The van der Waals surface area contributed by atoms with Crippen LogP contribution in [0.4, 0.5) is 10.1 Å². The number of carbonyl (C=O) groups excluding carboxylic acids is 2. The first-order chi connectivity index (χ1) is 17.7. The molecule has 3 rings (SSSR count). The first kappa shape index (κ1) is 28.1. The SMILES string of the molecule is CCNC(=O)[C@@H](CC)N(Cc1ccccc1Cl)C(=O)CN(c1ccc(F)cc1)S(=O)(=O)c1ccccc1. The predicted octanol–water partition coefficient (Wildman–Crippen LogP) is 4.62. The number of sulfonamides is 1. The number of benzene rings is 3. The number of halogens is 2. The summed E-state index contributed by atoms with van der Waals surface area (Å²) in [5.41, 5.74) is 0.724. The van der Waals surface area contributed by atoms with Crippen molar-refractivity contribution in [2.45, 2.75) is 37.8 Å². The Balaban J connectivity index is 2.05. The summed E-state index contributed by atoms with van der Waals surface area (Å²) >= 11 is 6.35. The Morgan fingerprint density at radius 3 is 2.16 bits per heavy atom. The molecule has 0 spiro atoms. The third-order valence-electron chi connectivity index (χ3n) is 5.76. The number of hydrogen-bond donors (Lipinski definition) is 1. The van der Waals surface area contributed by atoms with Gasteiger partial charge in [0, 0.05) is 18.1 Å². The van der Waals surface area contributed by atoms with Crippen molar-refractivity contribution in [3.05, 3.63) is 95.3 Å². The molecule has 0 aliphatic heterocycles. The maximum atomic E-state index is 13.8. The molecule has 196 valence electrons. The highest BCUT2D eigenvalue weighted by Crippen LogP contribution is 2.26. The number of amides is 2. The second-order valence-electron chi connectivity index (χ2n) is 8.23. The Labute approximate surface area is 221 Å². The van der Waals surface area contributed by atoms with Gasteiger partial charge in [-0.3, -0.25) is 13.9 Å². The summed E-state index contributed by atoms with van der Waals surface area (Å²) < 4.78 is 41.8. The zero-order valence-electron chi connectivity index (χ0n) is 20.6. The summed E-state index contributed by atoms with van der Waals surface area (Å²) in [4.78, 5) is 28.0. The summed E-state index contributed by atoms with van der Waals surface area (Å²) in [5, 5.41) is 3.16. The Kier molecular flexibility index (Phi) is 9.66. The molecule has 10 heteroatoms. The highest BCUT2D eigenvalue weighted by Gasteiger charge is 2.33. The molecule has 0 aliphatic carbocycles. The Morgan fingerprint density at radius 2 is 1.57 bits per heavy atom. The van der Waals surface area contributed by atoms with Gasteiger partial charge in [0.25, 0.3) is 10.0 Å². The van der Waals surface area contributed by atoms with E-state index in [0.717, 1.165) is 16.4 Å². The van der Waals surface area contributed by atoms with E-state index in [2.05, 4.69) is 5.32 Å². The lowest BCUT2D eigenvalue weighted by Crippen LogP contribution is -2.52. The molecule has 0 bridgehead atoms. The van der Waals surface area contributed by atoms with Crippen molar-refractivity contribution < 1.29 is 22.4 Å². The largest absolute Gasteiger partial charge is 0.355 e. The van der Waals surface area contributed by atoms with E-state index in [4.69, 9.17) is 11.6 Å². The van der Waals surface area contributed by atoms with E-state index in [1.165, 1.54) is 29.2 Å². The Morgan fingerprint density at radius 1 is 0.946 bits per heavy atom. The molecular weight excluding hydrogens is 517 g/mol. The van der Waals surface area contributed by atoms with Crippen molar-refractivity contribution in [2.75, 3.05) is 17.4 Å². The standard InChI is InChI=1S/C27H29ClFN3O4S/c1-3-25(27(34)30-4-2)31(18-20-10-8-9-13-24(20)28)26(33)19-32(22-16-14-21(29)15-17-22)37(35,36)23-11-6-5-7-12-23/h5-17,25H,3-4,18-19H2,1-2H3,(H,30,34)/t25-/m1/s1. The monoisotopic (exact) mass is 545 g/mol. The summed E-state index contributed by atoms with van der Waals surface area (Å²) in [6.45, 7) is 3.30. The van der Waals surface area contributed by atoms with Gasteiger partial charge in [-0.05, 0) is 61.4 Å². The van der Waals surface area contributed by atoms with E-state index >= 15 is 0 Å². The van der Waals surface area contributed by atoms with Crippen molar-refractivity contribution in [3.63, 3.8) is 0 Å². The predicted molar refractivity (Wildman–Crippen MR) is 142 cm³/mol. The quantitative estimate of drug-likeness (QED) is 0.381. The number of hydrogen-bond acceptors (Lipinski definition) is 4. The summed E-state index contributed by atoms with van der Waals surface area (Å²) in [6.07, 6.45) is 0.296. The van der Waals surface area contributed by atoms with Crippen LogP contribution < -0.4 is 9.62 Å². The number of nitrogens with one attached hydrogen (secondary N) is 1. The van der Waals surface area contributed by atoms with Crippen molar-refractivity contribution in [1.29, 1.82) is 0 Å². The number of carbonyl (C=O) groups is 2. The molecule has 0 aromatic heterocycles. The maximum Gasteiger partial charge on any atom is 0.264 e. The lowest BCUT2D eigenvalue weighted by molar-refractivity contribution is -0.140. The fourth-order valence-electron chi connectivity index (χ4n) is 3.88. The van der Waals surface area contributed by atoms with Gasteiger partial charge in [-0.25, -0.2) is 12.8 Å². The molecule has 1 atom stereocenters. The van der Waals surface area contributed by atoms with Crippen LogP contribution in [0.15, 0.2) is 83.8 Å². The molecule has 3 aromatic rings. The van der Waals surface area contributed by atoms with E-state index in [0.29, 0.717) is 23.6 Å². The third kappa shape index (κ3) is 6.87. The molecule has 0 radical (unpaired) electrons. The van der Waals surface area contributed by atoms with Crippen LogP contribution in [0.5, 0.6) is 0 Å². The van der Waals surface area contributed by atoms with Crippen LogP contribution in [0.25, 0.3) is 0 Å². The van der Waals surface area contributed by atoms with Crippen molar-refractivity contribution in [1.82, 2.24) is 10.2 Å². The zero-order chi connectivity index (χ0) is 27.0. The molecule has 0 saturated carbocycles. The van der Waals surface area contributed by atoms with Gasteiger partial charge in [-0.15, -0.1) is 0 Å². The fourth-order valence-corrected chi connectivity index (χ4v) is 5.51. The molecule has 0 unspecified atom stereocenters. The van der Waals surface area contributed by atoms with E-state index in [1.54, 1.807) is 56.3 Å². The van der Waals surface area contributed by atoms with Crippen LogP contribution in [0.2, 0.25) is 5.02 Å². The van der Waals surface area contributed by atoms with Gasteiger partial charge in [0.05, 0.1) is 10.6 Å². The average molecular weight is 546 g/mol. The van der Waals surface area contributed by atoms with E-state index in [-0.39, 0.29) is 23.0 Å². The van der Waals surface area contributed by atoms with Gasteiger partial charge < -0.3 is 10.2 Å². The van der Waals surface area contributed by atoms with Gasteiger partial charge in [0.15, 0.2) is 0 Å². The minimum absolute atomic E-state index is 0.00318. The van der Waals surface area contributed by atoms with E-state index in [1.807, 2.05) is 0 Å². The van der Waals surface area contributed by atoms with Crippen molar-refractivity contribution in [3.8, 4) is 0 Å². The summed E-state index contributed by atoms with van der Waals surface area (Å²) in [7, 11) is -4.20. The molecule has 1 N–H and O–H groups in total. The van der Waals surface area contributed by atoms with Crippen molar-refractivity contribution >= 4 is 39.1 Å². The second-order valence-corrected chi connectivity index (χ2v) is 10.5. The summed E-state index contributed by atoms with van der Waals surface area (Å²) in [6, 6.07) is 18.6. The summed E-state index contributed by atoms with van der Waals surface area (Å²) in [5.74, 6) is -1.51. The van der Waals surface area contributed by atoms with Gasteiger partial charge in [0.2, 0.25) is 11.8 Å². The van der Waals surface area contributed by atoms with Crippen LogP contribution in [-0.4, -0.2) is 44.3 Å². The first-order valence-electron chi connectivity index (χ1n) is 11.8. The molecule has 3 aromatic carbocycles. The number of nitrogens with zero attached hydrogens (tertiary/aromatic N) is 2. The van der Waals surface area contributed by atoms with Gasteiger partial charge in [0.1, 0.15) is 18.4 Å². The fraction of sp³-hybridized carbons (Fsp3) is 0.259. The second kappa shape index (κ2) is 12.7. The normalized spacial score (nSPS) is 12.0. The van der Waals surface area contributed by atoms with E-state index < -0.39 is 34.3 Å². The number of likely N-dealkylation sites (N-methyl/N-ethyl adjacent to an activating group) is 1. The molecule has 0 aliphatic rings. The Bertz CT molecular complexity index is 1320. The van der Waals surface area contributed by atoms with Gasteiger partial charge in [-0.1, -0.05) is 54.9 Å². The van der Waals surface area contributed by atoms with Gasteiger partial charge in [-0.2, -0.15) is 0 Å². The lowest BCUT2D eigenvalue weighted by atomic mass is 10.1. The minimum Gasteiger partial charge on any atom is -0.355 e. The van der Waals surface area contributed by atoms with Crippen LogP contribution >= 0.6 is 11.6 Å². The number of anilines is 1.